The van der Waals surface area contributed by atoms with E-state index in [-0.39, 0.29) is 0 Å². The van der Waals surface area contributed by atoms with Crippen LogP contribution in [0.1, 0.15) is 5.82 Å². The summed E-state index contributed by atoms with van der Waals surface area (Å²) in [5.74, 6) is 0.709. The van der Waals surface area contributed by atoms with Crippen LogP contribution in [-0.2, 0) is 4.43 Å². The fourth-order valence-corrected chi connectivity index (χ4v) is 1.48. The number of imidazole rings is 1. The highest BCUT2D eigenvalue weighted by molar-refractivity contribution is 14.1. The standard InChI is InChI=1S/C6H4ClIN4/c7-5-4-6(10-2-9-4)12-3(1-8)11-5/h2H,1H2,(H,9,10,11,12). The summed E-state index contributed by atoms with van der Waals surface area (Å²) in [6.45, 7) is 0. The first-order valence-electron chi connectivity index (χ1n) is 3.22. The van der Waals surface area contributed by atoms with Gasteiger partial charge in [-0.2, -0.15) is 0 Å². The maximum Gasteiger partial charge on any atom is 0.182 e. The van der Waals surface area contributed by atoms with Crippen molar-refractivity contribution < 1.29 is 0 Å². The molecular formula is C6H4ClIN4. The minimum atomic E-state index is 0.434. The Bertz CT molecular complexity index is 413. The third-order valence-electron chi connectivity index (χ3n) is 1.41. The Morgan fingerprint density at radius 3 is 3.08 bits per heavy atom. The number of hydrogen-bond acceptors (Lipinski definition) is 3. The number of nitrogens with one attached hydrogen (secondary N) is 1. The summed E-state index contributed by atoms with van der Waals surface area (Å²) < 4.78 is 0.736. The van der Waals surface area contributed by atoms with Crippen molar-refractivity contribution in [3.05, 3.63) is 17.3 Å². The summed E-state index contributed by atoms with van der Waals surface area (Å²) in [6.07, 6.45) is 1.56. The second-order valence-corrected chi connectivity index (χ2v) is 3.29. The summed E-state index contributed by atoms with van der Waals surface area (Å²) in [4.78, 5) is 15.1. The van der Waals surface area contributed by atoms with Gasteiger partial charge in [-0.25, -0.2) is 15.0 Å². The van der Waals surface area contributed by atoms with Gasteiger partial charge in [0.05, 0.1) is 10.8 Å². The first kappa shape index (κ1) is 8.18. The molecule has 12 heavy (non-hydrogen) atoms. The molecule has 1 N–H and O–H groups in total. The van der Waals surface area contributed by atoms with E-state index in [1.54, 1.807) is 6.33 Å². The fourth-order valence-electron chi connectivity index (χ4n) is 0.900. The van der Waals surface area contributed by atoms with Crippen LogP contribution >= 0.6 is 34.2 Å². The zero-order valence-corrected chi connectivity index (χ0v) is 8.80. The molecule has 0 amide bonds. The largest absolute Gasteiger partial charge is 0.341 e. The lowest BCUT2D eigenvalue weighted by Crippen LogP contribution is -1.92. The van der Waals surface area contributed by atoms with Gasteiger partial charge >= 0.3 is 0 Å². The van der Waals surface area contributed by atoms with Crippen LogP contribution in [0.3, 0.4) is 0 Å². The van der Waals surface area contributed by atoms with Crippen molar-refractivity contribution in [3.8, 4) is 0 Å². The van der Waals surface area contributed by atoms with Crippen LogP contribution in [0.5, 0.6) is 0 Å². The van der Waals surface area contributed by atoms with Gasteiger partial charge in [-0.3, -0.25) is 0 Å². The molecule has 0 fully saturated rings. The van der Waals surface area contributed by atoms with E-state index in [9.17, 15) is 0 Å². The van der Waals surface area contributed by atoms with E-state index in [2.05, 4.69) is 42.5 Å². The minimum Gasteiger partial charge on any atom is -0.341 e. The molecule has 0 radical (unpaired) electrons. The third kappa shape index (κ3) is 1.27. The molecule has 62 valence electrons. The summed E-state index contributed by atoms with van der Waals surface area (Å²) in [5, 5.41) is 0.434. The molecule has 4 nitrogen and oxygen atoms in total. The maximum atomic E-state index is 5.86. The lowest BCUT2D eigenvalue weighted by atomic mass is 10.5. The minimum absolute atomic E-state index is 0.434. The number of H-pyrrole nitrogens is 1. The first-order chi connectivity index (χ1) is 5.81. The molecule has 0 atom stereocenters. The summed E-state index contributed by atoms with van der Waals surface area (Å²) in [5.41, 5.74) is 1.33. The molecule has 0 aliphatic rings. The summed E-state index contributed by atoms with van der Waals surface area (Å²) in [7, 11) is 0. The smallest absolute Gasteiger partial charge is 0.182 e. The lowest BCUT2D eigenvalue weighted by Gasteiger charge is -1.95. The van der Waals surface area contributed by atoms with Gasteiger partial charge in [0.15, 0.2) is 10.8 Å². The van der Waals surface area contributed by atoms with Gasteiger partial charge in [-0.05, 0) is 0 Å². The highest BCUT2D eigenvalue weighted by Gasteiger charge is 2.05. The molecule has 2 heterocycles. The molecule has 0 unspecified atom stereocenters. The van der Waals surface area contributed by atoms with Crippen molar-refractivity contribution >= 4 is 45.4 Å². The molecule has 6 heteroatoms. The normalized spacial score (nSPS) is 10.8. The predicted octanol–water partition coefficient (Wildman–Crippen LogP) is 1.94. The summed E-state index contributed by atoms with van der Waals surface area (Å²) in [6, 6.07) is 0. The fraction of sp³-hybridized carbons (Fsp3) is 0.167. The predicted molar refractivity (Wildman–Crippen MR) is 54.4 cm³/mol. The van der Waals surface area contributed by atoms with Gasteiger partial charge in [0.2, 0.25) is 0 Å². The van der Waals surface area contributed by atoms with Crippen molar-refractivity contribution in [2.75, 3.05) is 0 Å². The van der Waals surface area contributed by atoms with Gasteiger partial charge in [0.1, 0.15) is 11.3 Å². The maximum absolute atomic E-state index is 5.86. The number of fused-ring (bicyclic) bond motifs is 1. The molecule has 0 saturated carbocycles. The molecule has 0 aliphatic heterocycles. The van der Waals surface area contributed by atoms with Crippen LogP contribution in [0.2, 0.25) is 5.15 Å². The van der Waals surface area contributed by atoms with E-state index >= 15 is 0 Å². The van der Waals surface area contributed by atoms with E-state index in [1.807, 2.05) is 0 Å². The van der Waals surface area contributed by atoms with Gasteiger partial charge in [0.25, 0.3) is 0 Å². The number of aromatic amines is 1. The first-order valence-corrected chi connectivity index (χ1v) is 5.13. The molecular weight excluding hydrogens is 290 g/mol. The van der Waals surface area contributed by atoms with Crippen LogP contribution in [0.4, 0.5) is 0 Å². The molecule has 0 bridgehead atoms. The lowest BCUT2D eigenvalue weighted by molar-refractivity contribution is 1.07. The Labute approximate surface area is 86.9 Å². The molecule has 0 aromatic carbocycles. The molecule has 0 saturated heterocycles. The van der Waals surface area contributed by atoms with Crippen molar-refractivity contribution in [3.63, 3.8) is 0 Å². The Balaban J connectivity index is 2.75. The third-order valence-corrected chi connectivity index (χ3v) is 2.36. The monoisotopic (exact) mass is 294 g/mol. The van der Waals surface area contributed by atoms with E-state index in [1.165, 1.54) is 0 Å². The van der Waals surface area contributed by atoms with E-state index < -0.39 is 0 Å². The van der Waals surface area contributed by atoms with Crippen molar-refractivity contribution in [2.45, 2.75) is 4.43 Å². The number of halogens is 2. The number of nitrogens with zero attached hydrogens (tertiary/aromatic N) is 3. The van der Waals surface area contributed by atoms with Crippen LogP contribution in [-0.4, -0.2) is 19.9 Å². The average Bonchev–Trinajstić information content (AvgIpc) is 2.52. The molecule has 0 spiro atoms. The van der Waals surface area contributed by atoms with Crippen LogP contribution in [0.25, 0.3) is 11.2 Å². The number of alkyl halides is 1. The van der Waals surface area contributed by atoms with E-state index in [0.29, 0.717) is 22.1 Å². The van der Waals surface area contributed by atoms with Crippen molar-refractivity contribution in [1.29, 1.82) is 0 Å². The van der Waals surface area contributed by atoms with Crippen molar-refractivity contribution in [1.82, 2.24) is 19.9 Å². The Kier molecular flexibility index (Phi) is 2.14. The van der Waals surface area contributed by atoms with Gasteiger partial charge < -0.3 is 4.98 Å². The van der Waals surface area contributed by atoms with Gasteiger partial charge in [0, 0.05) is 0 Å². The Morgan fingerprint density at radius 1 is 1.50 bits per heavy atom. The topological polar surface area (TPSA) is 54.5 Å². The molecule has 2 rings (SSSR count). The van der Waals surface area contributed by atoms with Crippen LogP contribution in [0, 0.1) is 0 Å². The average molecular weight is 294 g/mol. The van der Waals surface area contributed by atoms with E-state index in [0.717, 1.165) is 4.43 Å². The quantitative estimate of drug-likeness (QED) is 0.497. The number of hydrogen-bond donors (Lipinski definition) is 1. The second kappa shape index (κ2) is 3.14. The molecule has 2 aromatic heterocycles. The molecule has 2 aromatic rings. The van der Waals surface area contributed by atoms with Gasteiger partial charge in [-0.1, -0.05) is 34.2 Å². The Hall–Kier alpha value is -0.430. The highest BCUT2D eigenvalue weighted by Crippen LogP contribution is 2.16. The van der Waals surface area contributed by atoms with Gasteiger partial charge in [-0.15, -0.1) is 0 Å². The summed E-state index contributed by atoms with van der Waals surface area (Å²) >= 11 is 8.04. The second-order valence-electron chi connectivity index (χ2n) is 2.17. The SMILES string of the molecule is Clc1nc(CI)nc2nc[nH]c12. The molecule has 0 aliphatic carbocycles. The zero-order valence-electron chi connectivity index (χ0n) is 5.88. The Morgan fingerprint density at radius 2 is 2.33 bits per heavy atom. The number of aromatic nitrogens is 4. The van der Waals surface area contributed by atoms with Crippen LogP contribution < -0.4 is 0 Å². The van der Waals surface area contributed by atoms with Crippen LogP contribution in [0.15, 0.2) is 6.33 Å². The van der Waals surface area contributed by atoms with Crippen molar-refractivity contribution in [2.24, 2.45) is 0 Å². The number of rotatable bonds is 1. The highest BCUT2D eigenvalue weighted by atomic mass is 127. The zero-order chi connectivity index (χ0) is 8.55. The van der Waals surface area contributed by atoms with E-state index in [4.69, 9.17) is 11.6 Å².